The Balaban J connectivity index is 1.67. The topological polar surface area (TPSA) is 75.4 Å². The van der Waals surface area contributed by atoms with Crippen LogP contribution in [0.2, 0.25) is 0 Å². The van der Waals surface area contributed by atoms with Crippen LogP contribution in [0.15, 0.2) is 30.3 Å². The molecule has 2 saturated carbocycles. The SMILES string of the molecule is N[C@@H]1C[C@H](C(=O)NCC2(c3ccccc3)CCCCC2)C[C@H]1O. The molecule has 0 bridgehead atoms. The van der Waals surface area contributed by atoms with Crippen LogP contribution in [-0.4, -0.2) is 29.7 Å². The second-order valence-corrected chi connectivity index (χ2v) is 7.32. The van der Waals surface area contributed by atoms with Crippen molar-refractivity contribution in [2.75, 3.05) is 6.54 Å². The highest BCUT2D eigenvalue weighted by atomic mass is 16.3. The van der Waals surface area contributed by atoms with Crippen molar-refractivity contribution in [1.82, 2.24) is 5.32 Å². The number of carbonyl (C=O) groups is 1. The Morgan fingerprint density at radius 3 is 2.48 bits per heavy atom. The van der Waals surface area contributed by atoms with Gasteiger partial charge in [-0.1, -0.05) is 49.6 Å². The molecule has 0 aliphatic heterocycles. The van der Waals surface area contributed by atoms with E-state index in [0.29, 0.717) is 19.4 Å². The van der Waals surface area contributed by atoms with Crippen molar-refractivity contribution in [3.63, 3.8) is 0 Å². The lowest BCUT2D eigenvalue weighted by atomic mass is 9.69. The minimum atomic E-state index is -0.538. The van der Waals surface area contributed by atoms with Crippen LogP contribution < -0.4 is 11.1 Å². The molecule has 23 heavy (non-hydrogen) atoms. The van der Waals surface area contributed by atoms with E-state index in [1.165, 1.54) is 24.8 Å². The molecule has 3 atom stereocenters. The highest BCUT2D eigenvalue weighted by Gasteiger charge is 2.37. The van der Waals surface area contributed by atoms with E-state index < -0.39 is 6.10 Å². The van der Waals surface area contributed by atoms with E-state index in [9.17, 15) is 9.90 Å². The average Bonchev–Trinajstić information content (AvgIpc) is 2.93. The Kier molecular flexibility index (Phi) is 5.02. The first-order valence-corrected chi connectivity index (χ1v) is 8.88. The first kappa shape index (κ1) is 16.5. The average molecular weight is 316 g/mol. The smallest absolute Gasteiger partial charge is 0.223 e. The van der Waals surface area contributed by atoms with Gasteiger partial charge in [0.15, 0.2) is 0 Å². The fourth-order valence-corrected chi connectivity index (χ4v) is 4.25. The molecular weight excluding hydrogens is 288 g/mol. The van der Waals surface area contributed by atoms with E-state index in [2.05, 4.69) is 29.6 Å². The summed E-state index contributed by atoms with van der Waals surface area (Å²) in [5.74, 6) is -0.0886. The van der Waals surface area contributed by atoms with Gasteiger partial charge in [-0.25, -0.2) is 0 Å². The largest absolute Gasteiger partial charge is 0.391 e. The third-order valence-electron chi connectivity index (χ3n) is 5.75. The van der Waals surface area contributed by atoms with Gasteiger partial charge in [0, 0.05) is 23.9 Å². The first-order chi connectivity index (χ1) is 11.1. The number of nitrogens with one attached hydrogen (secondary N) is 1. The van der Waals surface area contributed by atoms with Gasteiger partial charge in [0.05, 0.1) is 6.10 Å². The summed E-state index contributed by atoms with van der Waals surface area (Å²) in [7, 11) is 0. The predicted octanol–water partition coefficient (Wildman–Crippen LogP) is 2.10. The highest BCUT2D eigenvalue weighted by molar-refractivity contribution is 5.79. The summed E-state index contributed by atoms with van der Waals surface area (Å²) in [6.07, 6.45) is 6.52. The second kappa shape index (κ2) is 7.02. The Morgan fingerprint density at radius 2 is 1.87 bits per heavy atom. The number of aliphatic hydroxyl groups excluding tert-OH is 1. The van der Waals surface area contributed by atoms with Gasteiger partial charge in [-0.2, -0.15) is 0 Å². The van der Waals surface area contributed by atoms with Crippen molar-refractivity contribution in [2.45, 2.75) is 62.5 Å². The van der Waals surface area contributed by atoms with E-state index in [1.807, 2.05) is 6.07 Å². The molecule has 4 heteroatoms. The number of hydrogen-bond donors (Lipinski definition) is 3. The summed E-state index contributed by atoms with van der Waals surface area (Å²) in [4.78, 5) is 12.5. The van der Waals surface area contributed by atoms with Gasteiger partial charge < -0.3 is 16.2 Å². The third kappa shape index (κ3) is 3.59. The van der Waals surface area contributed by atoms with Gasteiger partial charge in [-0.15, -0.1) is 0 Å². The lowest BCUT2D eigenvalue weighted by Crippen LogP contribution is -2.44. The summed E-state index contributed by atoms with van der Waals surface area (Å²) < 4.78 is 0. The summed E-state index contributed by atoms with van der Waals surface area (Å²) in [6, 6.07) is 10.3. The van der Waals surface area contributed by atoms with Crippen LogP contribution in [0.3, 0.4) is 0 Å². The molecule has 0 unspecified atom stereocenters. The lowest BCUT2D eigenvalue weighted by Gasteiger charge is -2.38. The predicted molar refractivity (Wildman–Crippen MR) is 90.9 cm³/mol. The molecular formula is C19H28N2O2. The molecule has 3 rings (SSSR count). The second-order valence-electron chi connectivity index (χ2n) is 7.32. The van der Waals surface area contributed by atoms with E-state index in [4.69, 9.17) is 5.73 Å². The number of amides is 1. The van der Waals surface area contributed by atoms with Crippen LogP contribution in [0.4, 0.5) is 0 Å². The summed E-state index contributed by atoms with van der Waals surface area (Å²) in [6.45, 7) is 0.692. The van der Waals surface area contributed by atoms with Gasteiger partial charge in [-0.3, -0.25) is 4.79 Å². The number of benzene rings is 1. The highest BCUT2D eigenvalue weighted by Crippen LogP contribution is 2.39. The number of aliphatic hydroxyl groups is 1. The van der Waals surface area contributed by atoms with E-state index in [-0.39, 0.29) is 23.3 Å². The Morgan fingerprint density at radius 1 is 1.17 bits per heavy atom. The van der Waals surface area contributed by atoms with Crippen LogP contribution in [0.25, 0.3) is 0 Å². The lowest BCUT2D eigenvalue weighted by molar-refractivity contribution is -0.125. The zero-order valence-electron chi connectivity index (χ0n) is 13.7. The molecule has 2 aliphatic carbocycles. The normalized spacial score (nSPS) is 30.1. The van der Waals surface area contributed by atoms with E-state index >= 15 is 0 Å². The molecule has 4 nitrogen and oxygen atoms in total. The molecule has 1 aromatic rings. The van der Waals surface area contributed by atoms with Crippen LogP contribution in [-0.2, 0) is 10.2 Å². The maximum absolute atomic E-state index is 12.5. The van der Waals surface area contributed by atoms with Crippen LogP contribution in [0.5, 0.6) is 0 Å². The van der Waals surface area contributed by atoms with Crippen LogP contribution in [0.1, 0.15) is 50.5 Å². The minimum absolute atomic E-state index is 0.0536. The first-order valence-electron chi connectivity index (χ1n) is 8.88. The van der Waals surface area contributed by atoms with Gasteiger partial charge in [-0.05, 0) is 31.2 Å². The molecule has 0 aromatic heterocycles. The molecule has 2 aliphatic rings. The maximum Gasteiger partial charge on any atom is 0.223 e. The van der Waals surface area contributed by atoms with Crippen LogP contribution >= 0.6 is 0 Å². The third-order valence-corrected chi connectivity index (χ3v) is 5.75. The quantitative estimate of drug-likeness (QED) is 0.796. The standard InChI is InChI=1S/C19H28N2O2/c20-16-11-14(12-17(16)22)18(23)21-13-19(9-5-2-6-10-19)15-7-3-1-4-8-15/h1,3-4,7-8,14,16-17,22H,2,5-6,9-13,20H2,(H,21,23)/t14-,16+,17+/m0/s1. The van der Waals surface area contributed by atoms with Crippen molar-refractivity contribution in [3.05, 3.63) is 35.9 Å². The monoisotopic (exact) mass is 316 g/mol. The van der Waals surface area contributed by atoms with Gasteiger partial charge in [0.1, 0.15) is 0 Å². The zero-order chi connectivity index (χ0) is 16.3. The Bertz CT molecular complexity index is 515. The number of carbonyl (C=O) groups excluding carboxylic acids is 1. The summed E-state index contributed by atoms with van der Waals surface area (Å²) in [5, 5.41) is 12.9. The molecule has 1 amide bonds. The Labute approximate surface area is 138 Å². The summed E-state index contributed by atoms with van der Waals surface area (Å²) >= 11 is 0. The minimum Gasteiger partial charge on any atom is -0.391 e. The van der Waals surface area contributed by atoms with Crippen molar-refractivity contribution in [3.8, 4) is 0 Å². The van der Waals surface area contributed by atoms with Crippen molar-refractivity contribution < 1.29 is 9.90 Å². The zero-order valence-corrected chi connectivity index (χ0v) is 13.7. The molecule has 1 aromatic carbocycles. The van der Waals surface area contributed by atoms with Crippen molar-refractivity contribution in [1.29, 1.82) is 0 Å². The fourth-order valence-electron chi connectivity index (χ4n) is 4.25. The van der Waals surface area contributed by atoms with Gasteiger partial charge >= 0.3 is 0 Å². The molecule has 126 valence electrons. The van der Waals surface area contributed by atoms with Gasteiger partial charge in [0.2, 0.25) is 5.91 Å². The number of rotatable bonds is 4. The number of hydrogen-bond acceptors (Lipinski definition) is 3. The Hall–Kier alpha value is -1.39. The van der Waals surface area contributed by atoms with Crippen molar-refractivity contribution in [2.24, 2.45) is 11.7 Å². The van der Waals surface area contributed by atoms with E-state index in [0.717, 1.165) is 12.8 Å². The molecule has 2 fully saturated rings. The number of nitrogens with two attached hydrogens (primary N) is 1. The van der Waals surface area contributed by atoms with Crippen LogP contribution in [0, 0.1) is 5.92 Å². The molecule has 0 radical (unpaired) electrons. The van der Waals surface area contributed by atoms with Gasteiger partial charge in [0.25, 0.3) is 0 Å². The van der Waals surface area contributed by atoms with Crippen molar-refractivity contribution >= 4 is 5.91 Å². The molecule has 4 N–H and O–H groups in total. The molecule has 0 saturated heterocycles. The molecule has 0 spiro atoms. The summed E-state index contributed by atoms with van der Waals surface area (Å²) in [5.41, 5.74) is 7.23. The molecule has 0 heterocycles. The van der Waals surface area contributed by atoms with E-state index in [1.54, 1.807) is 0 Å². The maximum atomic E-state index is 12.5. The fraction of sp³-hybridized carbons (Fsp3) is 0.632.